The summed E-state index contributed by atoms with van der Waals surface area (Å²) in [6.45, 7) is 1.47. The van der Waals surface area contributed by atoms with Crippen molar-refractivity contribution in [3.05, 3.63) is 30.3 Å². The van der Waals surface area contributed by atoms with Crippen LogP contribution in [0.25, 0.3) is 0 Å². The number of hydrogen-bond donors (Lipinski definition) is 0. The van der Waals surface area contributed by atoms with Gasteiger partial charge in [-0.1, -0.05) is 18.2 Å². The van der Waals surface area contributed by atoms with Crippen molar-refractivity contribution in [3.63, 3.8) is 0 Å². The Bertz CT molecular complexity index is 698. The van der Waals surface area contributed by atoms with E-state index in [1.807, 2.05) is 0 Å². The summed E-state index contributed by atoms with van der Waals surface area (Å²) in [7, 11) is -5.08. The molecule has 0 spiro atoms. The van der Waals surface area contributed by atoms with Gasteiger partial charge in [-0.3, -0.25) is 4.79 Å². The molecular formula is C12H11N2O6S-. The van der Waals surface area contributed by atoms with Gasteiger partial charge in [-0.05, 0) is 19.1 Å². The normalized spacial score (nSPS) is 18.6. The van der Waals surface area contributed by atoms with Crippen molar-refractivity contribution in [2.75, 3.05) is 11.6 Å². The summed E-state index contributed by atoms with van der Waals surface area (Å²) in [4.78, 5) is 23.8. The van der Waals surface area contributed by atoms with E-state index in [4.69, 9.17) is 0 Å². The lowest BCUT2D eigenvalue weighted by Gasteiger charge is -2.16. The SMILES string of the molecule is CCOC(=O)C1=NN(c2ccccc2)C(=O)[C@H]1S(=O)(=O)[O-]. The summed E-state index contributed by atoms with van der Waals surface area (Å²) in [5, 5.41) is 2.18. The average molecular weight is 311 g/mol. The number of hydrogen-bond acceptors (Lipinski definition) is 7. The fourth-order valence-electron chi connectivity index (χ4n) is 1.80. The molecule has 21 heavy (non-hydrogen) atoms. The zero-order valence-corrected chi connectivity index (χ0v) is 11.7. The minimum Gasteiger partial charge on any atom is -0.747 e. The van der Waals surface area contributed by atoms with Crippen molar-refractivity contribution in [2.45, 2.75) is 12.2 Å². The van der Waals surface area contributed by atoms with E-state index in [-0.39, 0.29) is 12.3 Å². The second-order valence-electron chi connectivity index (χ2n) is 4.06. The molecule has 0 saturated heterocycles. The fourth-order valence-corrected chi connectivity index (χ4v) is 2.57. The first-order valence-corrected chi connectivity index (χ1v) is 7.42. The largest absolute Gasteiger partial charge is 0.747 e. The number of anilines is 1. The first-order valence-electron chi connectivity index (χ1n) is 5.95. The molecule has 8 nitrogen and oxygen atoms in total. The Kier molecular flexibility index (Phi) is 4.05. The minimum atomic E-state index is -5.08. The molecule has 1 heterocycles. The predicted octanol–water partition coefficient (Wildman–Crippen LogP) is -0.134. The molecule has 0 unspecified atom stereocenters. The molecule has 0 bridgehead atoms. The van der Waals surface area contributed by atoms with E-state index < -0.39 is 33.0 Å². The van der Waals surface area contributed by atoms with Crippen molar-refractivity contribution in [2.24, 2.45) is 5.10 Å². The molecule has 1 atom stereocenters. The second kappa shape index (κ2) is 5.62. The van der Waals surface area contributed by atoms with Crippen LogP contribution in [0.4, 0.5) is 5.69 Å². The molecule has 0 aliphatic carbocycles. The van der Waals surface area contributed by atoms with Crippen LogP contribution in [0.3, 0.4) is 0 Å². The summed E-state index contributed by atoms with van der Waals surface area (Å²) >= 11 is 0. The molecule has 112 valence electrons. The maximum atomic E-state index is 12.1. The summed E-state index contributed by atoms with van der Waals surface area (Å²) < 4.78 is 38.4. The van der Waals surface area contributed by atoms with Crippen molar-refractivity contribution in [3.8, 4) is 0 Å². The van der Waals surface area contributed by atoms with Crippen LogP contribution in [0.5, 0.6) is 0 Å². The molecule has 1 aromatic rings. The molecule has 0 N–H and O–H groups in total. The minimum absolute atomic E-state index is 0.0387. The Labute approximate surface area is 120 Å². The van der Waals surface area contributed by atoms with E-state index >= 15 is 0 Å². The molecule has 2 rings (SSSR count). The van der Waals surface area contributed by atoms with Crippen LogP contribution >= 0.6 is 0 Å². The van der Waals surface area contributed by atoms with Gasteiger partial charge < -0.3 is 9.29 Å². The van der Waals surface area contributed by atoms with Gasteiger partial charge in [-0.15, -0.1) is 0 Å². The summed E-state index contributed by atoms with van der Waals surface area (Å²) in [6.07, 6.45) is 0. The summed E-state index contributed by atoms with van der Waals surface area (Å²) in [5.74, 6) is -2.20. The lowest BCUT2D eigenvalue weighted by atomic mass is 10.2. The maximum Gasteiger partial charge on any atom is 0.356 e. The van der Waals surface area contributed by atoms with Crippen molar-refractivity contribution in [1.29, 1.82) is 0 Å². The molecule has 1 amide bonds. The third kappa shape index (κ3) is 2.93. The van der Waals surface area contributed by atoms with E-state index in [1.165, 1.54) is 19.1 Å². The van der Waals surface area contributed by atoms with Crippen molar-refractivity contribution >= 4 is 33.4 Å². The number of esters is 1. The Morgan fingerprint density at radius 3 is 2.52 bits per heavy atom. The van der Waals surface area contributed by atoms with Gasteiger partial charge in [0.05, 0.1) is 12.3 Å². The Balaban J connectivity index is 2.47. The van der Waals surface area contributed by atoms with Gasteiger partial charge in [0, 0.05) is 0 Å². The number of amides is 1. The van der Waals surface area contributed by atoms with Gasteiger partial charge in [0.1, 0.15) is 10.1 Å². The first kappa shape index (κ1) is 15.1. The van der Waals surface area contributed by atoms with Crippen LogP contribution in [0.15, 0.2) is 35.4 Å². The third-order valence-electron chi connectivity index (χ3n) is 2.66. The molecule has 0 saturated carbocycles. The Morgan fingerprint density at radius 1 is 1.38 bits per heavy atom. The zero-order valence-electron chi connectivity index (χ0n) is 10.9. The van der Waals surface area contributed by atoms with Crippen molar-refractivity contribution in [1.82, 2.24) is 0 Å². The van der Waals surface area contributed by atoms with Crippen LogP contribution < -0.4 is 5.01 Å². The van der Waals surface area contributed by atoms with E-state index in [9.17, 15) is 22.6 Å². The maximum absolute atomic E-state index is 12.1. The Hall–Kier alpha value is -2.26. The predicted molar refractivity (Wildman–Crippen MR) is 71.5 cm³/mol. The zero-order chi connectivity index (χ0) is 15.6. The van der Waals surface area contributed by atoms with Crippen LogP contribution in [-0.4, -0.2) is 42.4 Å². The standard InChI is InChI=1S/C12H12N2O6S/c1-2-20-12(16)9-10(21(17,18)19)11(15)14(13-9)8-6-4-3-5-7-8/h3-7,10H,2H2,1H3,(H,17,18,19)/p-1/t10-/m0/s1. The van der Waals surface area contributed by atoms with Crippen molar-refractivity contribution < 1.29 is 27.3 Å². The molecular weight excluding hydrogens is 300 g/mol. The summed E-state index contributed by atoms with van der Waals surface area (Å²) in [5.41, 5.74) is -0.476. The first-order chi connectivity index (χ1) is 9.86. The third-order valence-corrected chi connectivity index (χ3v) is 3.67. The van der Waals surface area contributed by atoms with Crippen LogP contribution in [-0.2, 0) is 24.4 Å². The number of ether oxygens (including phenoxy) is 1. The van der Waals surface area contributed by atoms with Crippen LogP contribution in [0.1, 0.15) is 6.92 Å². The fraction of sp³-hybridized carbons (Fsp3) is 0.250. The van der Waals surface area contributed by atoms with Crippen LogP contribution in [0, 0.1) is 0 Å². The number of nitrogens with zero attached hydrogens (tertiary/aromatic N) is 2. The number of hydrazone groups is 1. The van der Waals surface area contributed by atoms with E-state index in [0.29, 0.717) is 5.01 Å². The number of benzene rings is 1. The highest BCUT2D eigenvalue weighted by molar-refractivity contribution is 7.88. The molecule has 0 radical (unpaired) electrons. The topological polar surface area (TPSA) is 116 Å². The molecule has 0 aromatic heterocycles. The monoisotopic (exact) mass is 311 g/mol. The second-order valence-corrected chi connectivity index (χ2v) is 5.52. The lowest BCUT2D eigenvalue weighted by Crippen LogP contribution is -2.41. The van der Waals surface area contributed by atoms with E-state index in [0.717, 1.165) is 0 Å². The van der Waals surface area contributed by atoms with Gasteiger partial charge >= 0.3 is 5.97 Å². The number of carbonyl (C=O) groups is 2. The molecule has 1 aliphatic heterocycles. The molecule has 1 aliphatic rings. The van der Waals surface area contributed by atoms with Gasteiger partial charge in [-0.2, -0.15) is 10.1 Å². The van der Waals surface area contributed by atoms with Gasteiger partial charge in [-0.25, -0.2) is 13.2 Å². The molecule has 1 aromatic carbocycles. The highest BCUT2D eigenvalue weighted by Crippen LogP contribution is 2.23. The van der Waals surface area contributed by atoms with E-state index in [1.54, 1.807) is 18.2 Å². The van der Waals surface area contributed by atoms with Gasteiger partial charge in [0.25, 0.3) is 5.91 Å². The van der Waals surface area contributed by atoms with Crippen LogP contribution in [0.2, 0.25) is 0 Å². The smallest absolute Gasteiger partial charge is 0.356 e. The number of para-hydroxylation sites is 1. The van der Waals surface area contributed by atoms with E-state index in [2.05, 4.69) is 9.84 Å². The Morgan fingerprint density at radius 2 is 2.00 bits per heavy atom. The molecule has 9 heteroatoms. The van der Waals surface area contributed by atoms with Gasteiger partial charge in [0.15, 0.2) is 11.0 Å². The highest BCUT2D eigenvalue weighted by Gasteiger charge is 2.45. The summed E-state index contributed by atoms with van der Waals surface area (Å²) in [6, 6.07) is 7.86. The quantitative estimate of drug-likeness (QED) is 0.564. The lowest BCUT2D eigenvalue weighted by molar-refractivity contribution is -0.135. The molecule has 0 fully saturated rings. The number of carbonyl (C=O) groups excluding carboxylic acids is 2. The highest BCUT2D eigenvalue weighted by atomic mass is 32.2. The number of rotatable bonds is 4. The average Bonchev–Trinajstić information content (AvgIpc) is 2.77. The van der Waals surface area contributed by atoms with Gasteiger partial charge in [0.2, 0.25) is 0 Å².